The molecular weight excluding hydrogens is 478 g/mol. The van der Waals surface area contributed by atoms with Gasteiger partial charge >= 0.3 is 0 Å². The van der Waals surface area contributed by atoms with E-state index in [-0.39, 0.29) is 18.1 Å². The van der Waals surface area contributed by atoms with E-state index in [1.54, 1.807) is 6.92 Å². The standard InChI is InChI=1S/C25H32N2O2.C3H6O.C2H7N.CH2O/c1-4-26-25(19(3)29)16-20-11-13-27(14-12-20)23-9-10-24(18(2)15-23)22-7-5-21(17-28)6-8-22;1-3(2)4;1-2-3;1-2/h5-10,15,20,28H,4,11-14,16-17H2,1-3H3;4H,1H2,2H3;2-3H2,1H3;1H2. The minimum atomic E-state index is 0.0758. The molecule has 38 heavy (non-hydrogen) atoms. The van der Waals surface area contributed by atoms with Crippen LogP contribution in [0.4, 0.5) is 5.69 Å². The summed E-state index contributed by atoms with van der Waals surface area (Å²) in [4.78, 5) is 26.6. The highest BCUT2D eigenvalue weighted by Crippen LogP contribution is 2.30. The summed E-state index contributed by atoms with van der Waals surface area (Å²) in [6.45, 7) is 17.9. The minimum Gasteiger partial charge on any atom is -0.513 e. The number of carbonyl (C=O) groups excluding carboxylic acids is 2. The van der Waals surface area contributed by atoms with Crippen LogP contribution in [-0.4, -0.2) is 54.7 Å². The molecule has 0 atom stereocenters. The van der Waals surface area contributed by atoms with Crippen LogP contribution in [0.3, 0.4) is 0 Å². The van der Waals surface area contributed by atoms with Crippen molar-refractivity contribution >= 4 is 24.0 Å². The van der Waals surface area contributed by atoms with E-state index in [1.807, 2.05) is 32.8 Å². The Labute approximate surface area is 229 Å². The van der Waals surface area contributed by atoms with Crippen molar-refractivity contribution < 1.29 is 19.8 Å². The summed E-state index contributed by atoms with van der Waals surface area (Å²) in [6, 6.07) is 14.8. The first kappa shape index (κ1) is 34.7. The molecule has 2 aromatic carbocycles. The fourth-order valence-electron chi connectivity index (χ4n) is 4.14. The van der Waals surface area contributed by atoms with Crippen molar-refractivity contribution in [2.24, 2.45) is 16.6 Å². The number of aliphatic hydroxyl groups excluding tert-OH is 2. The molecule has 1 saturated heterocycles. The molecule has 1 aliphatic heterocycles. The number of aliphatic hydroxyl groups is 2. The Hall–Kier alpha value is -3.29. The number of benzene rings is 2. The number of hydrogen-bond acceptors (Lipinski definition) is 7. The zero-order chi connectivity index (χ0) is 29.1. The molecule has 0 bridgehead atoms. The third kappa shape index (κ3) is 12.8. The number of allylic oxidation sites excluding steroid dienone is 1. The fraction of sp³-hybridized carbons (Fsp3) is 0.452. The topological polar surface area (TPSA) is 116 Å². The fourth-order valence-corrected chi connectivity index (χ4v) is 4.14. The van der Waals surface area contributed by atoms with E-state index in [4.69, 9.17) is 15.6 Å². The first-order chi connectivity index (χ1) is 18.2. The third-order valence-corrected chi connectivity index (χ3v) is 5.87. The minimum absolute atomic E-state index is 0.0758. The second kappa shape index (κ2) is 19.8. The molecule has 0 aromatic heterocycles. The Balaban J connectivity index is 0.00000134. The van der Waals surface area contributed by atoms with E-state index >= 15 is 0 Å². The maximum atomic E-state index is 11.8. The summed E-state index contributed by atoms with van der Waals surface area (Å²) >= 11 is 0. The van der Waals surface area contributed by atoms with E-state index < -0.39 is 0 Å². The molecule has 1 aliphatic rings. The Morgan fingerprint density at radius 2 is 1.61 bits per heavy atom. The van der Waals surface area contributed by atoms with Gasteiger partial charge in [-0.05, 0) is 86.9 Å². The highest BCUT2D eigenvalue weighted by atomic mass is 16.3. The van der Waals surface area contributed by atoms with E-state index in [9.17, 15) is 9.90 Å². The maximum Gasteiger partial charge on any atom is 0.173 e. The monoisotopic (exact) mass is 525 g/mol. The number of hydrogen-bond donors (Lipinski definition) is 3. The van der Waals surface area contributed by atoms with Crippen LogP contribution in [-0.2, 0) is 16.2 Å². The first-order valence-corrected chi connectivity index (χ1v) is 13.1. The van der Waals surface area contributed by atoms with Crippen molar-refractivity contribution in [3.63, 3.8) is 0 Å². The van der Waals surface area contributed by atoms with Crippen LogP contribution >= 0.6 is 0 Å². The van der Waals surface area contributed by atoms with Crippen LogP contribution in [0.15, 0.2) is 59.8 Å². The summed E-state index contributed by atoms with van der Waals surface area (Å²) < 4.78 is 0. The molecule has 2 aromatic rings. The first-order valence-electron chi connectivity index (χ1n) is 13.1. The molecule has 210 valence electrons. The number of aliphatic imine (C=N–C) groups is 1. The van der Waals surface area contributed by atoms with Gasteiger partial charge < -0.3 is 25.6 Å². The summed E-state index contributed by atoms with van der Waals surface area (Å²) in [5.41, 5.74) is 11.5. The zero-order valence-electron chi connectivity index (χ0n) is 23.9. The van der Waals surface area contributed by atoms with Crippen LogP contribution in [0.2, 0.25) is 0 Å². The normalized spacial score (nSPS) is 13.1. The SMILES string of the molecule is C=C(C)O.C=O.CCN.CCN=C(CC1CCN(c2ccc(-c3ccc(CO)cc3)c(C)c2)CC1)C(C)=O. The molecular formula is C31H47N3O4. The van der Waals surface area contributed by atoms with Gasteiger partial charge in [-0.2, -0.15) is 0 Å². The Morgan fingerprint density at radius 1 is 1.08 bits per heavy atom. The highest BCUT2D eigenvalue weighted by Gasteiger charge is 2.22. The number of ketones is 1. The van der Waals surface area contributed by atoms with Crippen LogP contribution in [0, 0.1) is 12.8 Å². The summed E-state index contributed by atoms with van der Waals surface area (Å²) in [5.74, 6) is 0.832. The predicted octanol–water partition coefficient (Wildman–Crippen LogP) is 5.67. The molecule has 1 heterocycles. The van der Waals surface area contributed by atoms with Gasteiger partial charge in [0.25, 0.3) is 0 Å². The average Bonchev–Trinajstić information content (AvgIpc) is 2.90. The van der Waals surface area contributed by atoms with Crippen LogP contribution in [0.1, 0.15) is 58.1 Å². The smallest absolute Gasteiger partial charge is 0.173 e. The second-order valence-corrected chi connectivity index (χ2v) is 9.11. The van der Waals surface area contributed by atoms with E-state index in [1.165, 1.54) is 29.3 Å². The van der Waals surface area contributed by atoms with Crippen molar-refractivity contribution in [1.82, 2.24) is 0 Å². The van der Waals surface area contributed by atoms with Gasteiger partial charge in [-0.15, -0.1) is 0 Å². The second-order valence-electron chi connectivity index (χ2n) is 9.11. The predicted molar refractivity (Wildman–Crippen MR) is 160 cm³/mol. The zero-order valence-corrected chi connectivity index (χ0v) is 23.9. The van der Waals surface area contributed by atoms with Crippen molar-refractivity contribution in [2.75, 3.05) is 31.1 Å². The maximum absolute atomic E-state index is 11.8. The van der Waals surface area contributed by atoms with E-state index in [2.05, 4.69) is 53.7 Å². The van der Waals surface area contributed by atoms with Crippen LogP contribution < -0.4 is 10.6 Å². The molecule has 7 nitrogen and oxygen atoms in total. The van der Waals surface area contributed by atoms with Gasteiger partial charge in [0.2, 0.25) is 0 Å². The molecule has 0 aliphatic carbocycles. The van der Waals surface area contributed by atoms with Gasteiger partial charge in [0.15, 0.2) is 5.78 Å². The summed E-state index contributed by atoms with van der Waals surface area (Å²) in [6.07, 6.45) is 3.01. The Bertz CT molecular complexity index is 991. The summed E-state index contributed by atoms with van der Waals surface area (Å²) in [5, 5.41) is 17.1. The molecule has 0 amide bonds. The molecule has 3 rings (SSSR count). The molecule has 0 saturated carbocycles. The molecule has 0 unspecified atom stereocenters. The largest absolute Gasteiger partial charge is 0.513 e. The number of rotatable bonds is 7. The molecule has 1 fully saturated rings. The number of piperidine rings is 1. The van der Waals surface area contributed by atoms with Gasteiger partial charge in [-0.25, -0.2) is 0 Å². The van der Waals surface area contributed by atoms with Crippen molar-refractivity contribution in [3.8, 4) is 11.1 Å². The van der Waals surface area contributed by atoms with Crippen LogP contribution in [0.25, 0.3) is 11.1 Å². The molecule has 0 spiro atoms. The van der Waals surface area contributed by atoms with Crippen molar-refractivity contribution in [2.45, 2.75) is 60.5 Å². The number of anilines is 1. The quantitative estimate of drug-likeness (QED) is 0.317. The van der Waals surface area contributed by atoms with Gasteiger partial charge in [0, 0.05) is 32.2 Å². The Kier molecular flexibility index (Phi) is 18.1. The van der Waals surface area contributed by atoms with E-state index in [0.717, 1.165) is 50.2 Å². The summed E-state index contributed by atoms with van der Waals surface area (Å²) in [7, 11) is 0. The molecule has 0 radical (unpaired) electrons. The van der Waals surface area contributed by atoms with Gasteiger partial charge in [0.05, 0.1) is 18.1 Å². The third-order valence-electron chi connectivity index (χ3n) is 5.87. The van der Waals surface area contributed by atoms with Crippen LogP contribution in [0.5, 0.6) is 0 Å². The molecule has 4 N–H and O–H groups in total. The van der Waals surface area contributed by atoms with Crippen molar-refractivity contribution in [1.29, 1.82) is 0 Å². The van der Waals surface area contributed by atoms with Gasteiger partial charge in [0.1, 0.15) is 6.79 Å². The average molecular weight is 526 g/mol. The number of aryl methyl sites for hydroxylation is 1. The lowest BCUT2D eigenvalue weighted by atomic mass is 9.90. The number of carbonyl (C=O) groups is 2. The lowest BCUT2D eigenvalue weighted by Gasteiger charge is -2.34. The number of nitrogens with zero attached hydrogens (tertiary/aromatic N) is 2. The lowest BCUT2D eigenvalue weighted by molar-refractivity contribution is -0.111. The van der Waals surface area contributed by atoms with E-state index in [0.29, 0.717) is 12.5 Å². The highest BCUT2D eigenvalue weighted by molar-refractivity contribution is 6.39. The Morgan fingerprint density at radius 3 is 2.03 bits per heavy atom. The number of Topliss-reactive ketones (excluding diaryl/α,β-unsaturated/α-hetero) is 1. The van der Waals surface area contributed by atoms with Gasteiger partial charge in [-0.3, -0.25) is 9.79 Å². The molecule has 7 heteroatoms. The number of nitrogens with two attached hydrogens (primary N) is 1. The lowest BCUT2D eigenvalue weighted by Crippen LogP contribution is -2.34. The van der Waals surface area contributed by atoms with Gasteiger partial charge in [-0.1, -0.05) is 43.8 Å². The van der Waals surface area contributed by atoms with Crippen molar-refractivity contribution in [3.05, 3.63) is 65.9 Å².